The minimum absolute atomic E-state index is 0.140. The van der Waals surface area contributed by atoms with Gasteiger partial charge in [-0.15, -0.1) is 0 Å². The Balaban J connectivity index is 2.90. The first kappa shape index (κ1) is 15.6. The molecule has 1 aromatic carbocycles. The largest absolute Gasteiger partial charge is 0.496 e. The second-order valence-electron chi connectivity index (χ2n) is 4.71. The summed E-state index contributed by atoms with van der Waals surface area (Å²) >= 11 is 0. The lowest BCUT2D eigenvalue weighted by molar-refractivity contribution is 0.0807. The van der Waals surface area contributed by atoms with Crippen LogP contribution in [0.15, 0.2) is 18.2 Å². The number of benzene rings is 1. The van der Waals surface area contributed by atoms with Crippen LogP contribution in [0.25, 0.3) is 0 Å². The summed E-state index contributed by atoms with van der Waals surface area (Å²) in [4.78, 5) is 0. The van der Waals surface area contributed by atoms with Gasteiger partial charge in [0.2, 0.25) is 0 Å². The normalized spacial score (nSPS) is 14.1. The molecule has 0 bridgehead atoms. The third-order valence-corrected chi connectivity index (χ3v) is 2.99. The van der Waals surface area contributed by atoms with Gasteiger partial charge >= 0.3 is 0 Å². The summed E-state index contributed by atoms with van der Waals surface area (Å²) in [6.07, 6.45) is -0.461. The van der Waals surface area contributed by atoms with Crippen molar-refractivity contribution in [2.45, 2.75) is 26.0 Å². The van der Waals surface area contributed by atoms with Crippen LogP contribution in [0.1, 0.15) is 13.8 Å². The summed E-state index contributed by atoms with van der Waals surface area (Å²) < 4.78 is 16.1. The van der Waals surface area contributed by atoms with Crippen molar-refractivity contribution in [1.82, 2.24) is 0 Å². The van der Waals surface area contributed by atoms with Gasteiger partial charge in [0.1, 0.15) is 23.4 Å². The van der Waals surface area contributed by atoms with Gasteiger partial charge < -0.3 is 25.1 Å². The summed E-state index contributed by atoms with van der Waals surface area (Å²) in [7, 11) is 3.14. The van der Waals surface area contributed by atoms with Crippen LogP contribution in [0, 0.1) is 5.92 Å². The van der Waals surface area contributed by atoms with Crippen LogP contribution in [0.5, 0.6) is 17.2 Å². The maximum atomic E-state index is 9.39. The summed E-state index contributed by atoms with van der Waals surface area (Å²) in [5.41, 5.74) is 6.01. The Morgan fingerprint density at radius 3 is 1.89 bits per heavy atom. The minimum atomic E-state index is -0.461. The van der Waals surface area contributed by atoms with Crippen LogP contribution < -0.4 is 19.9 Å². The van der Waals surface area contributed by atoms with Crippen molar-refractivity contribution in [3.63, 3.8) is 0 Å². The summed E-state index contributed by atoms with van der Waals surface area (Å²) in [6.45, 7) is 3.84. The highest BCUT2D eigenvalue weighted by atomic mass is 16.5. The Morgan fingerprint density at radius 2 is 1.53 bits per heavy atom. The predicted octanol–water partition coefficient (Wildman–Crippen LogP) is 1.43. The summed E-state index contributed by atoms with van der Waals surface area (Å²) in [5, 5.41) is 9.39. The fraction of sp³-hybridized carbons (Fsp3) is 0.571. The summed E-state index contributed by atoms with van der Waals surface area (Å²) in [6, 6.07) is 4.97. The maximum Gasteiger partial charge on any atom is 0.137 e. The smallest absolute Gasteiger partial charge is 0.137 e. The van der Waals surface area contributed by atoms with Gasteiger partial charge in [-0.2, -0.15) is 0 Å². The lowest BCUT2D eigenvalue weighted by atomic mass is 10.00. The molecular weight excluding hydrogens is 246 g/mol. The van der Waals surface area contributed by atoms with E-state index in [0.717, 1.165) is 0 Å². The Labute approximate surface area is 114 Å². The molecule has 5 nitrogen and oxygen atoms in total. The van der Waals surface area contributed by atoms with Crippen molar-refractivity contribution in [2.75, 3.05) is 20.8 Å². The molecule has 2 unspecified atom stereocenters. The van der Waals surface area contributed by atoms with Gasteiger partial charge in [0, 0.05) is 24.2 Å². The second-order valence-corrected chi connectivity index (χ2v) is 4.71. The SMILES string of the molecule is COc1cc(OC)cc(OC(CO)C(N)C(C)C)c1. The van der Waals surface area contributed by atoms with Crippen molar-refractivity contribution in [2.24, 2.45) is 11.7 Å². The van der Waals surface area contributed by atoms with Crippen LogP contribution >= 0.6 is 0 Å². The van der Waals surface area contributed by atoms with E-state index in [0.29, 0.717) is 17.2 Å². The van der Waals surface area contributed by atoms with E-state index in [1.165, 1.54) is 0 Å². The van der Waals surface area contributed by atoms with Crippen molar-refractivity contribution in [3.05, 3.63) is 18.2 Å². The lowest BCUT2D eigenvalue weighted by Crippen LogP contribution is -2.45. The molecule has 1 rings (SSSR count). The fourth-order valence-corrected chi connectivity index (χ4v) is 1.69. The Kier molecular flexibility index (Phi) is 5.92. The van der Waals surface area contributed by atoms with Crippen LogP contribution in [-0.2, 0) is 0 Å². The fourth-order valence-electron chi connectivity index (χ4n) is 1.69. The van der Waals surface area contributed by atoms with Crippen LogP contribution in [0.4, 0.5) is 0 Å². The number of rotatable bonds is 7. The highest BCUT2D eigenvalue weighted by Gasteiger charge is 2.22. The number of hydrogen-bond donors (Lipinski definition) is 2. The van der Waals surface area contributed by atoms with E-state index in [-0.39, 0.29) is 18.6 Å². The molecule has 3 N–H and O–H groups in total. The first-order valence-electron chi connectivity index (χ1n) is 6.28. The van der Waals surface area contributed by atoms with Crippen molar-refractivity contribution in [1.29, 1.82) is 0 Å². The molecule has 0 aliphatic rings. The van der Waals surface area contributed by atoms with Gasteiger partial charge in [0.25, 0.3) is 0 Å². The Hall–Kier alpha value is -1.46. The van der Waals surface area contributed by atoms with Gasteiger partial charge in [-0.1, -0.05) is 13.8 Å². The molecule has 2 atom stereocenters. The zero-order chi connectivity index (χ0) is 14.4. The topological polar surface area (TPSA) is 73.9 Å². The molecule has 19 heavy (non-hydrogen) atoms. The molecule has 0 saturated carbocycles. The second kappa shape index (κ2) is 7.21. The average Bonchev–Trinajstić information content (AvgIpc) is 2.43. The van der Waals surface area contributed by atoms with Crippen LogP contribution in [0.3, 0.4) is 0 Å². The molecule has 0 aliphatic carbocycles. The molecule has 1 aromatic rings. The van der Waals surface area contributed by atoms with Gasteiger partial charge in [-0.25, -0.2) is 0 Å². The monoisotopic (exact) mass is 269 g/mol. The molecule has 0 spiro atoms. The van der Waals surface area contributed by atoms with E-state index in [1.807, 2.05) is 13.8 Å². The third kappa shape index (κ3) is 4.29. The molecule has 0 amide bonds. The molecular formula is C14H23NO4. The Bertz CT molecular complexity index is 373. The molecule has 5 heteroatoms. The first-order valence-corrected chi connectivity index (χ1v) is 6.28. The molecule has 0 aromatic heterocycles. The van der Waals surface area contributed by atoms with Crippen LogP contribution in [0.2, 0.25) is 0 Å². The quantitative estimate of drug-likeness (QED) is 0.783. The minimum Gasteiger partial charge on any atom is -0.496 e. The number of aliphatic hydroxyl groups is 1. The molecule has 0 heterocycles. The number of nitrogens with two attached hydrogens (primary N) is 1. The zero-order valence-corrected chi connectivity index (χ0v) is 11.9. The van der Waals surface area contributed by atoms with E-state index in [9.17, 15) is 5.11 Å². The third-order valence-electron chi connectivity index (χ3n) is 2.99. The van der Waals surface area contributed by atoms with E-state index < -0.39 is 6.10 Å². The van der Waals surface area contributed by atoms with Crippen molar-refractivity contribution >= 4 is 0 Å². The first-order chi connectivity index (χ1) is 9.01. The number of hydrogen-bond acceptors (Lipinski definition) is 5. The number of methoxy groups -OCH3 is 2. The van der Waals surface area contributed by atoms with E-state index in [4.69, 9.17) is 19.9 Å². The number of ether oxygens (including phenoxy) is 3. The Morgan fingerprint density at radius 1 is 1.05 bits per heavy atom. The van der Waals surface area contributed by atoms with Gasteiger partial charge in [-0.3, -0.25) is 0 Å². The lowest BCUT2D eigenvalue weighted by Gasteiger charge is -2.26. The van der Waals surface area contributed by atoms with Crippen molar-refractivity contribution < 1.29 is 19.3 Å². The molecule has 108 valence electrons. The number of aliphatic hydroxyl groups excluding tert-OH is 1. The van der Waals surface area contributed by atoms with Gasteiger partial charge in [0.15, 0.2) is 0 Å². The van der Waals surface area contributed by atoms with Gasteiger partial charge in [-0.05, 0) is 5.92 Å². The zero-order valence-electron chi connectivity index (χ0n) is 11.9. The average molecular weight is 269 g/mol. The standard InChI is InChI=1S/C14H23NO4/c1-9(2)14(15)13(8-16)19-12-6-10(17-3)5-11(7-12)18-4/h5-7,9,13-14,16H,8,15H2,1-4H3. The molecule has 0 aliphatic heterocycles. The molecule has 0 saturated heterocycles. The highest BCUT2D eigenvalue weighted by Crippen LogP contribution is 2.28. The molecule has 0 radical (unpaired) electrons. The van der Waals surface area contributed by atoms with Crippen molar-refractivity contribution in [3.8, 4) is 17.2 Å². The predicted molar refractivity (Wildman–Crippen MR) is 73.9 cm³/mol. The maximum absolute atomic E-state index is 9.39. The van der Waals surface area contributed by atoms with Crippen LogP contribution in [-0.4, -0.2) is 38.1 Å². The van der Waals surface area contributed by atoms with E-state index in [1.54, 1.807) is 32.4 Å². The van der Waals surface area contributed by atoms with E-state index in [2.05, 4.69) is 0 Å². The van der Waals surface area contributed by atoms with Gasteiger partial charge in [0.05, 0.1) is 20.8 Å². The summed E-state index contributed by atoms with van der Waals surface area (Å²) in [5.74, 6) is 2.03. The van der Waals surface area contributed by atoms with E-state index >= 15 is 0 Å². The highest BCUT2D eigenvalue weighted by molar-refractivity contribution is 5.42. The molecule has 0 fully saturated rings.